The van der Waals surface area contributed by atoms with Gasteiger partial charge in [-0.15, -0.1) is 0 Å². The van der Waals surface area contributed by atoms with Crippen LogP contribution in [-0.2, 0) is 0 Å². The number of urea groups is 1. The first-order chi connectivity index (χ1) is 14.7. The fourth-order valence-electron chi connectivity index (χ4n) is 4.47. The Balaban J connectivity index is 1.52. The van der Waals surface area contributed by atoms with E-state index in [-0.39, 0.29) is 6.03 Å². The Bertz CT molecular complexity index is 881. The summed E-state index contributed by atoms with van der Waals surface area (Å²) in [7, 11) is 0. The molecule has 0 aliphatic carbocycles. The monoisotopic (exact) mass is 426 g/mol. The van der Waals surface area contributed by atoms with Gasteiger partial charge in [0.05, 0.1) is 5.02 Å². The Kier molecular flexibility index (Phi) is 6.80. The zero-order valence-corrected chi connectivity index (χ0v) is 18.4. The van der Waals surface area contributed by atoms with Gasteiger partial charge in [0.25, 0.3) is 0 Å². The first-order valence-electron chi connectivity index (χ1n) is 11.1. The quantitative estimate of drug-likeness (QED) is 0.677. The van der Waals surface area contributed by atoms with Crippen LogP contribution in [0.2, 0.25) is 5.02 Å². The van der Waals surface area contributed by atoms with E-state index in [1.54, 1.807) is 0 Å². The van der Waals surface area contributed by atoms with Gasteiger partial charge in [0.15, 0.2) is 0 Å². The van der Waals surface area contributed by atoms with Gasteiger partial charge in [-0.2, -0.15) is 0 Å². The number of carbonyl (C=O) groups excluding carboxylic acids is 1. The predicted octanol–water partition coefficient (Wildman–Crippen LogP) is 5.07. The first-order valence-corrected chi connectivity index (χ1v) is 11.4. The molecule has 0 bridgehead atoms. The average Bonchev–Trinajstić information content (AvgIpc) is 2.76. The molecule has 2 saturated heterocycles. The molecule has 30 heavy (non-hydrogen) atoms. The molecule has 2 aliphatic rings. The number of hydrogen-bond donors (Lipinski definition) is 2. The number of benzene rings is 2. The van der Waals surface area contributed by atoms with E-state index in [9.17, 15) is 4.79 Å². The molecule has 0 atom stereocenters. The van der Waals surface area contributed by atoms with Crippen LogP contribution in [0, 0.1) is 5.92 Å². The lowest BCUT2D eigenvalue weighted by Crippen LogP contribution is -2.51. The number of halogens is 1. The minimum absolute atomic E-state index is 0.130. The van der Waals surface area contributed by atoms with Gasteiger partial charge in [0.2, 0.25) is 0 Å². The number of rotatable bonds is 6. The maximum atomic E-state index is 13.2. The Labute approximate surface area is 184 Å². The molecule has 2 fully saturated rings. The third kappa shape index (κ3) is 4.73. The van der Waals surface area contributed by atoms with E-state index < -0.39 is 0 Å². The van der Waals surface area contributed by atoms with Gasteiger partial charge in [-0.05, 0) is 75.0 Å². The molecule has 5 nitrogen and oxygen atoms in total. The van der Waals surface area contributed by atoms with Crippen molar-refractivity contribution in [3.63, 3.8) is 0 Å². The molecule has 2 aromatic carbocycles. The summed E-state index contributed by atoms with van der Waals surface area (Å²) >= 11 is 6.56. The van der Waals surface area contributed by atoms with Gasteiger partial charge in [0.1, 0.15) is 0 Å². The zero-order valence-electron chi connectivity index (χ0n) is 17.7. The molecule has 2 heterocycles. The molecule has 2 amide bonds. The predicted molar refractivity (Wildman–Crippen MR) is 126 cm³/mol. The minimum Gasteiger partial charge on any atom is -0.385 e. The molecule has 160 valence electrons. The summed E-state index contributed by atoms with van der Waals surface area (Å²) in [5, 5.41) is 7.40. The number of nitrogens with zero attached hydrogens (tertiary/aromatic N) is 2. The van der Waals surface area contributed by atoms with Crippen LogP contribution in [0.1, 0.15) is 26.2 Å². The summed E-state index contributed by atoms with van der Waals surface area (Å²) in [5.74, 6) is 0.607. The minimum atomic E-state index is 0.130. The summed E-state index contributed by atoms with van der Waals surface area (Å²) in [5.41, 5.74) is 3.97. The molecular formula is C24H31ClN4O. The molecule has 2 aliphatic heterocycles. The highest BCUT2D eigenvalue weighted by Crippen LogP contribution is 2.33. The molecule has 0 aromatic heterocycles. The van der Waals surface area contributed by atoms with Crippen LogP contribution in [-0.4, -0.2) is 50.2 Å². The second-order valence-electron chi connectivity index (χ2n) is 8.20. The van der Waals surface area contributed by atoms with Crippen molar-refractivity contribution in [3.8, 4) is 11.1 Å². The van der Waals surface area contributed by atoms with E-state index in [1.165, 1.54) is 0 Å². The van der Waals surface area contributed by atoms with Crippen molar-refractivity contribution in [2.75, 3.05) is 49.5 Å². The number of hydrogen-bond acceptors (Lipinski definition) is 3. The van der Waals surface area contributed by atoms with Crippen molar-refractivity contribution in [2.45, 2.75) is 26.2 Å². The maximum absolute atomic E-state index is 13.2. The van der Waals surface area contributed by atoms with Gasteiger partial charge in [-0.3, -0.25) is 4.90 Å². The molecule has 0 unspecified atom stereocenters. The van der Waals surface area contributed by atoms with E-state index in [1.807, 2.05) is 40.1 Å². The molecule has 2 N–H and O–H groups in total. The normalized spacial score (nSPS) is 18.0. The van der Waals surface area contributed by atoms with Crippen LogP contribution in [0.25, 0.3) is 11.1 Å². The third-order valence-electron chi connectivity index (χ3n) is 6.07. The number of piperidine rings is 1. The SMILES string of the molecule is CCNc1ccc(-c2cccc(N3CCCN(CC4CCNCC4)C3=O)c2)c(Cl)c1. The summed E-state index contributed by atoms with van der Waals surface area (Å²) in [6, 6.07) is 14.4. The number of amides is 2. The highest BCUT2D eigenvalue weighted by atomic mass is 35.5. The Morgan fingerprint density at radius 2 is 1.97 bits per heavy atom. The number of anilines is 2. The van der Waals surface area contributed by atoms with Crippen LogP contribution in [0.3, 0.4) is 0 Å². The molecule has 4 rings (SSSR count). The zero-order chi connectivity index (χ0) is 20.9. The van der Waals surface area contributed by atoms with Crippen molar-refractivity contribution in [3.05, 3.63) is 47.5 Å². The molecule has 0 saturated carbocycles. The second kappa shape index (κ2) is 9.71. The lowest BCUT2D eigenvalue weighted by Gasteiger charge is -2.38. The molecule has 6 heteroatoms. The average molecular weight is 427 g/mol. The number of carbonyl (C=O) groups is 1. The van der Waals surface area contributed by atoms with Crippen LogP contribution >= 0.6 is 11.6 Å². The Morgan fingerprint density at radius 3 is 2.73 bits per heavy atom. The largest absolute Gasteiger partial charge is 0.385 e. The first kappa shape index (κ1) is 21.0. The summed E-state index contributed by atoms with van der Waals surface area (Å²) < 4.78 is 0. The standard InChI is InChI=1S/C24H31ClN4O/c1-2-27-20-7-8-22(23(25)16-20)19-5-3-6-21(15-19)29-14-4-13-28(24(29)30)17-18-9-11-26-12-10-18/h3,5-8,15-16,18,26-27H,2,4,9-14,17H2,1H3. The van der Waals surface area contributed by atoms with E-state index in [2.05, 4.69) is 29.7 Å². The molecular weight excluding hydrogens is 396 g/mol. The van der Waals surface area contributed by atoms with E-state index >= 15 is 0 Å². The van der Waals surface area contributed by atoms with Crippen LogP contribution in [0.4, 0.5) is 16.2 Å². The van der Waals surface area contributed by atoms with Crippen LogP contribution < -0.4 is 15.5 Å². The fourth-order valence-corrected chi connectivity index (χ4v) is 4.76. The van der Waals surface area contributed by atoms with Crippen LogP contribution in [0.15, 0.2) is 42.5 Å². The summed E-state index contributed by atoms with van der Waals surface area (Å²) in [4.78, 5) is 17.2. The fraction of sp³-hybridized carbons (Fsp3) is 0.458. The highest BCUT2D eigenvalue weighted by Gasteiger charge is 2.29. The van der Waals surface area contributed by atoms with Crippen molar-refractivity contribution in [2.24, 2.45) is 5.92 Å². The van der Waals surface area contributed by atoms with Crippen molar-refractivity contribution in [1.29, 1.82) is 0 Å². The summed E-state index contributed by atoms with van der Waals surface area (Å²) in [6.07, 6.45) is 3.31. The van der Waals surface area contributed by atoms with Gasteiger partial charge >= 0.3 is 6.03 Å². The Hall–Kier alpha value is -2.24. The third-order valence-corrected chi connectivity index (χ3v) is 6.38. The van der Waals surface area contributed by atoms with Gasteiger partial charge in [-0.25, -0.2) is 4.79 Å². The van der Waals surface area contributed by atoms with E-state index in [0.29, 0.717) is 10.9 Å². The van der Waals surface area contributed by atoms with Gasteiger partial charge in [-0.1, -0.05) is 29.8 Å². The highest BCUT2D eigenvalue weighted by molar-refractivity contribution is 6.33. The smallest absolute Gasteiger partial charge is 0.324 e. The molecule has 2 aromatic rings. The summed E-state index contributed by atoms with van der Waals surface area (Å²) in [6.45, 7) is 7.53. The lowest BCUT2D eigenvalue weighted by molar-refractivity contribution is 0.176. The van der Waals surface area contributed by atoms with E-state index in [4.69, 9.17) is 11.6 Å². The van der Waals surface area contributed by atoms with Gasteiger partial charge in [0, 0.05) is 43.1 Å². The van der Waals surface area contributed by atoms with Gasteiger partial charge < -0.3 is 15.5 Å². The Morgan fingerprint density at radius 1 is 1.13 bits per heavy atom. The van der Waals surface area contributed by atoms with Crippen molar-refractivity contribution in [1.82, 2.24) is 10.2 Å². The molecule has 0 spiro atoms. The number of nitrogens with one attached hydrogen (secondary N) is 2. The topological polar surface area (TPSA) is 47.6 Å². The lowest BCUT2D eigenvalue weighted by atomic mass is 9.97. The van der Waals surface area contributed by atoms with Crippen molar-refractivity contribution < 1.29 is 4.79 Å². The van der Waals surface area contributed by atoms with E-state index in [0.717, 1.165) is 81.0 Å². The van der Waals surface area contributed by atoms with Crippen molar-refractivity contribution >= 4 is 29.0 Å². The maximum Gasteiger partial charge on any atom is 0.324 e. The second-order valence-corrected chi connectivity index (χ2v) is 8.61. The molecule has 0 radical (unpaired) electrons. The van der Waals surface area contributed by atoms with Crippen LogP contribution in [0.5, 0.6) is 0 Å².